The Labute approximate surface area is 217 Å². The van der Waals surface area contributed by atoms with Crippen LogP contribution in [0, 0.1) is 11.8 Å². The molecule has 3 nitrogen and oxygen atoms in total. The molecule has 34 heavy (non-hydrogen) atoms. The van der Waals surface area contributed by atoms with E-state index in [0.717, 1.165) is 25.7 Å². The van der Waals surface area contributed by atoms with Gasteiger partial charge in [-0.2, -0.15) is 0 Å². The molecule has 4 atom stereocenters. The van der Waals surface area contributed by atoms with Crippen LogP contribution in [0.15, 0.2) is 0 Å². The summed E-state index contributed by atoms with van der Waals surface area (Å²) in [5, 5.41) is 20.5. The summed E-state index contributed by atoms with van der Waals surface area (Å²) in [7, 11) is 0. The molecule has 2 N–H and O–H groups in total. The third kappa shape index (κ3) is 21.5. The van der Waals surface area contributed by atoms with Crippen LogP contribution >= 0.6 is 0 Å². The van der Waals surface area contributed by atoms with E-state index in [1.54, 1.807) is 0 Å². The molecular weight excluding hydrogens is 440 g/mol. The largest absolute Gasteiger partial charge is 0.616 e. The molecule has 0 bridgehead atoms. The second-order valence-corrected chi connectivity index (χ2v) is 12.6. The highest BCUT2D eigenvalue weighted by molar-refractivity contribution is 7.91. The summed E-state index contributed by atoms with van der Waals surface area (Å²) in [6.45, 7) is 8.22. The van der Waals surface area contributed by atoms with Crippen LogP contribution in [0.2, 0.25) is 0 Å². The van der Waals surface area contributed by atoms with Gasteiger partial charge in [-0.25, -0.2) is 0 Å². The summed E-state index contributed by atoms with van der Waals surface area (Å²) >= 11 is -0.969. The maximum Gasteiger partial charge on any atom is 0.110 e. The zero-order chi connectivity index (χ0) is 25.4. The van der Waals surface area contributed by atoms with E-state index in [1.165, 1.54) is 103 Å². The van der Waals surface area contributed by atoms with Crippen molar-refractivity contribution in [3.63, 3.8) is 0 Å². The Morgan fingerprint density at radius 2 is 0.765 bits per heavy atom. The maximum absolute atomic E-state index is 12.9. The van der Waals surface area contributed by atoms with E-state index in [9.17, 15) is 14.8 Å². The zero-order valence-electron chi connectivity index (χ0n) is 23.6. The van der Waals surface area contributed by atoms with Crippen molar-refractivity contribution in [3.05, 3.63) is 0 Å². The van der Waals surface area contributed by atoms with Crippen molar-refractivity contribution in [2.45, 2.75) is 168 Å². The average molecular weight is 503 g/mol. The van der Waals surface area contributed by atoms with E-state index in [4.69, 9.17) is 0 Å². The Hall–Kier alpha value is 0.230. The minimum Gasteiger partial charge on any atom is -0.616 e. The molecule has 0 aliphatic carbocycles. The van der Waals surface area contributed by atoms with Crippen LogP contribution in [-0.4, -0.2) is 38.5 Å². The molecule has 0 aromatic heterocycles. The van der Waals surface area contributed by atoms with Gasteiger partial charge < -0.3 is 14.8 Å². The topological polar surface area (TPSA) is 63.5 Å². The van der Waals surface area contributed by atoms with Crippen molar-refractivity contribution >= 4 is 11.2 Å². The van der Waals surface area contributed by atoms with Gasteiger partial charge in [-0.3, -0.25) is 0 Å². The average Bonchev–Trinajstić information content (AvgIpc) is 2.80. The van der Waals surface area contributed by atoms with Crippen LogP contribution in [0.25, 0.3) is 0 Å². The highest BCUT2D eigenvalue weighted by atomic mass is 32.2. The molecule has 0 aromatic carbocycles. The van der Waals surface area contributed by atoms with Gasteiger partial charge in [0, 0.05) is 11.8 Å². The number of hydrogen-bond donors (Lipinski definition) is 2. The van der Waals surface area contributed by atoms with Crippen molar-refractivity contribution in [1.82, 2.24) is 0 Å². The number of aliphatic hydroxyl groups excluding tert-OH is 2. The minimum atomic E-state index is -0.969. The van der Waals surface area contributed by atoms with Gasteiger partial charge in [0.15, 0.2) is 0 Å². The smallest absolute Gasteiger partial charge is 0.110 e. The normalized spacial score (nSPS) is 16.3. The van der Waals surface area contributed by atoms with Crippen molar-refractivity contribution in [2.75, 3.05) is 11.5 Å². The Morgan fingerprint density at radius 3 is 1.03 bits per heavy atom. The standard InChI is InChI=1S/C30H62O3S/c1-5-7-9-11-13-15-17-19-21-23-29(27(3)31)25-34(33)26-30(28(4)32)24-22-20-18-16-14-12-10-8-6-2/h27-32H,5-26H2,1-4H3. The molecular formula is C30H62O3S. The lowest BCUT2D eigenvalue weighted by Crippen LogP contribution is -2.32. The summed E-state index contributed by atoms with van der Waals surface area (Å²) in [6, 6.07) is 0. The monoisotopic (exact) mass is 502 g/mol. The molecule has 206 valence electrons. The van der Waals surface area contributed by atoms with Gasteiger partial charge in [0.2, 0.25) is 0 Å². The van der Waals surface area contributed by atoms with Gasteiger partial charge >= 0.3 is 0 Å². The quantitative estimate of drug-likeness (QED) is 0.0919. The predicted molar refractivity (Wildman–Crippen MR) is 152 cm³/mol. The second kappa shape index (κ2) is 24.9. The third-order valence-electron chi connectivity index (χ3n) is 7.52. The van der Waals surface area contributed by atoms with E-state index >= 15 is 0 Å². The van der Waals surface area contributed by atoms with Crippen molar-refractivity contribution in [1.29, 1.82) is 0 Å². The van der Waals surface area contributed by atoms with E-state index in [2.05, 4.69) is 13.8 Å². The number of aliphatic hydroxyl groups is 2. The molecule has 4 heteroatoms. The maximum atomic E-state index is 12.9. The Kier molecular flexibility index (Phi) is 25.1. The van der Waals surface area contributed by atoms with Gasteiger partial charge in [-0.1, -0.05) is 141 Å². The number of rotatable bonds is 26. The molecule has 0 radical (unpaired) electrons. The van der Waals surface area contributed by atoms with E-state index in [0.29, 0.717) is 11.5 Å². The molecule has 0 rings (SSSR count). The van der Waals surface area contributed by atoms with Crippen molar-refractivity contribution in [3.8, 4) is 0 Å². The molecule has 0 amide bonds. The molecule has 0 saturated carbocycles. The fraction of sp³-hybridized carbons (Fsp3) is 1.00. The molecule has 0 fully saturated rings. The van der Waals surface area contributed by atoms with Crippen LogP contribution < -0.4 is 0 Å². The predicted octanol–water partition coefficient (Wildman–Crippen LogP) is 8.57. The van der Waals surface area contributed by atoms with E-state index < -0.39 is 23.4 Å². The molecule has 0 aliphatic rings. The van der Waals surface area contributed by atoms with Gasteiger partial charge in [0.25, 0.3) is 0 Å². The Morgan fingerprint density at radius 1 is 0.500 bits per heavy atom. The summed E-state index contributed by atoms with van der Waals surface area (Å²) in [5.41, 5.74) is 0. The van der Waals surface area contributed by atoms with Crippen molar-refractivity contribution < 1.29 is 14.8 Å². The summed E-state index contributed by atoms with van der Waals surface area (Å²) in [6.07, 6.45) is 24.6. The van der Waals surface area contributed by atoms with Gasteiger partial charge in [0.05, 0.1) is 12.2 Å². The first-order valence-electron chi connectivity index (χ1n) is 15.1. The fourth-order valence-electron chi connectivity index (χ4n) is 4.91. The summed E-state index contributed by atoms with van der Waals surface area (Å²) < 4.78 is 12.9. The minimum absolute atomic E-state index is 0.118. The fourth-order valence-corrected chi connectivity index (χ4v) is 6.89. The molecule has 0 aromatic rings. The van der Waals surface area contributed by atoms with Gasteiger partial charge in [-0.15, -0.1) is 0 Å². The van der Waals surface area contributed by atoms with Crippen LogP contribution in [0.4, 0.5) is 0 Å². The first kappa shape index (κ1) is 34.2. The van der Waals surface area contributed by atoms with Gasteiger partial charge in [-0.05, 0) is 26.7 Å². The van der Waals surface area contributed by atoms with Crippen molar-refractivity contribution in [2.24, 2.45) is 11.8 Å². The van der Waals surface area contributed by atoms with Crippen LogP contribution in [-0.2, 0) is 11.2 Å². The summed E-state index contributed by atoms with van der Waals surface area (Å²) in [4.78, 5) is 0. The molecule has 0 aliphatic heterocycles. The Balaban J connectivity index is 4.05. The van der Waals surface area contributed by atoms with Gasteiger partial charge in [0.1, 0.15) is 11.5 Å². The third-order valence-corrected chi connectivity index (χ3v) is 9.12. The lowest BCUT2D eigenvalue weighted by molar-refractivity contribution is 0.126. The SMILES string of the molecule is CCCCCCCCCCCC(C[S+]([O-])CC(CCCCCCCCCCC)C(C)O)C(C)O. The van der Waals surface area contributed by atoms with Crippen LogP contribution in [0.5, 0.6) is 0 Å². The second-order valence-electron chi connectivity index (χ2n) is 11.0. The number of hydrogen-bond acceptors (Lipinski definition) is 3. The van der Waals surface area contributed by atoms with E-state index in [1.807, 2.05) is 13.8 Å². The molecule has 4 unspecified atom stereocenters. The zero-order valence-corrected chi connectivity index (χ0v) is 24.4. The lowest BCUT2D eigenvalue weighted by atomic mass is 9.97. The van der Waals surface area contributed by atoms with Crippen LogP contribution in [0.1, 0.15) is 156 Å². The first-order valence-corrected chi connectivity index (χ1v) is 16.6. The molecule has 0 spiro atoms. The highest BCUT2D eigenvalue weighted by Gasteiger charge is 2.26. The van der Waals surface area contributed by atoms with E-state index in [-0.39, 0.29) is 11.8 Å². The molecule has 0 saturated heterocycles. The molecule has 0 heterocycles. The summed E-state index contributed by atoms with van der Waals surface area (Å²) in [5.74, 6) is 1.39. The lowest BCUT2D eigenvalue weighted by Gasteiger charge is -2.26. The highest BCUT2D eigenvalue weighted by Crippen LogP contribution is 2.22. The Bertz CT molecular complexity index is 367. The first-order chi connectivity index (χ1) is 16.4. The number of unbranched alkanes of at least 4 members (excludes halogenated alkanes) is 16. The van der Waals surface area contributed by atoms with Crippen LogP contribution in [0.3, 0.4) is 0 Å².